The smallest absolute Gasteiger partial charge is 0.247 e. The second kappa shape index (κ2) is 11.2. The Kier molecular flexibility index (Phi) is 8.53. The minimum absolute atomic E-state index is 0.0114. The average molecular weight is 552 g/mol. The van der Waals surface area contributed by atoms with Gasteiger partial charge in [-0.05, 0) is 48.4 Å². The molecule has 6 nitrogen and oxygen atoms in total. The highest BCUT2D eigenvalue weighted by atomic mass is 79.9. The summed E-state index contributed by atoms with van der Waals surface area (Å²) in [6.07, 6.45) is 0. The third-order valence-corrected chi connectivity index (χ3v) is 7.53. The molecule has 0 unspecified atom stereocenters. The topological polar surface area (TPSA) is 75.7 Å². The second-order valence-corrected chi connectivity index (χ2v) is 10.7. The molecule has 0 heterocycles. The molecule has 0 radical (unpaired) electrons. The number of amides is 1. The van der Waals surface area contributed by atoms with Crippen molar-refractivity contribution in [1.29, 1.82) is 0 Å². The van der Waals surface area contributed by atoms with Crippen LogP contribution in [0.3, 0.4) is 0 Å². The Labute approximate surface area is 207 Å². The van der Waals surface area contributed by atoms with E-state index in [1.54, 1.807) is 18.2 Å². The van der Waals surface area contributed by atoms with Gasteiger partial charge in [-0.15, -0.1) is 0 Å². The molecule has 1 N–H and O–H groups in total. The van der Waals surface area contributed by atoms with Crippen LogP contribution in [-0.2, 0) is 21.4 Å². The largest absolute Gasteiger partial charge is 0.495 e. The van der Waals surface area contributed by atoms with Crippen molar-refractivity contribution < 1.29 is 17.9 Å². The number of methoxy groups -OCH3 is 1. The molecule has 33 heavy (non-hydrogen) atoms. The fourth-order valence-corrected chi connectivity index (χ4v) is 5.53. The molecule has 9 heteroatoms. The second-order valence-electron chi connectivity index (χ2n) is 7.40. The highest BCUT2D eigenvalue weighted by Gasteiger charge is 2.30. The zero-order valence-corrected chi connectivity index (χ0v) is 21.3. The molecule has 1 atom stereocenters. The van der Waals surface area contributed by atoms with Gasteiger partial charge in [0.15, 0.2) is 0 Å². The van der Waals surface area contributed by atoms with E-state index >= 15 is 0 Å². The van der Waals surface area contributed by atoms with E-state index in [2.05, 4.69) is 21.2 Å². The predicted molar refractivity (Wildman–Crippen MR) is 133 cm³/mol. The van der Waals surface area contributed by atoms with Gasteiger partial charge in [-0.1, -0.05) is 70.0 Å². The van der Waals surface area contributed by atoms with Gasteiger partial charge in [-0.3, -0.25) is 4.79 Å². The Morgan fingerprint density at radius 1 is 1.09 bits per heavy atom. The Morgan fingerprint density at radius 2 is 1.82 bits per heavy atom. The van der Waals surface area contributed by atoms with E-state index in [0.717, 1.165) is 19.9 Å². The predicted octanol–water partition coefficient (Wildman–Crippen LogP) is 5.18. The van der Waals surface area contributed by atoms with Crippen molar-refractivity contribution in [3.05, 3.63) is 93.4 Å². The molecule has 0 aliphatic rings. The maximum atomic E-state index is 13.6. The highest BCUT2D eigenvalue weighted by molar-refractivity contribution is 9.10. The first-order valence-electron chi connectivity index (χ1n) is 10.1. The third kappa shape index (κ3) is 6.57. The minimum atomic E-state index is -4.11. The first-order chi connectivity index (χ1) is 15.7. The minimum Gasteiger partial charge on any atom is -0.495 e. The van der Waals surface area contributed by atoms with Crippen LogP contribution >= 0.6 is 27.5 Å². The number of nitrogens with zero attached hydrogens (tertiary/aromatic N) is 1. The van der Waals surface area contributed by atoms with E-state index in [1.165, 1.54) is 19.2 Å². The number of hydrogen-bond acceptors (Lipinski definition) is 4. The van der Waals surface area contributed by atoms with Gasteiger partial charge in [0.2, 0.25) is 15.9 Å². The van der Waals surface area contributed by atoms with Gasteiger partial charge >= 0.3 is 0 Å². The summed E-state index contributed by atoms with van der Waals surface area (Å²) in [7, 11) is -2.73. The Hall–Kier alpha value is -2.39. The lowest BCUT2D eigenvalue weighted by Crippen LogP contribution is -2.41. The molecule has 0 fully saturated rings. The van der Waals surface area contributed by atoms with Gasteiger partial charge in [0.1, 0.15) is 10.6 Å². The molecule has 3 aromatic carbocycles. The normalized spacial score (nSPS) is 12.4. The first kappa shape index (κ1) is 25.2. The molecule has 3 aromatic rings. The van der Waals surface area contributed by atoms with Crippen molar-refractivity contribution in [3.63, 3.8) is 0 Å². The van der Waals surface area contributed by atoms with Crippen LogP contribution in [0, 0.1) is 0 Å². The van der Waals surface area contributed by atoms with Crippen molar-refractivity contribution in [2.24, 2.45) is 0 Å². The van der Waals surface area contributed by atoms with E-state index in [4.69, 9.17) is 16.3 Å². The van der Waals surface area contributed by atoms with E-state index in [0.29, 0.717) is 0 Å². The van der Waals surface area contributed by atoms with Crippen LogP contribution in [0.5, 0.6) is 5.75 Å². The van der Waals surface area contributed by atoms with E-state index in [-0.39, 0.29) is 34.8 Å². The number of rotatable bonds is 9. The Balaban J connectivity index is 1.90. The van der Waals surface area contributed by atoms with Gasteiger partial charge in [-0.2, -0.15) is 4.31 Å². The SMILES string of the molecule is COc1ccc(Cl)cc1S(=O)(=O)N(CC(=O)N[C@H](C)c1cccc(Br)c1)Cc1ccccc1. The van der Waals surface area contributed by atoms with Gasteiger partial charge in [0.05, 0.1) is 19.7 Å². The number of nitrogens with one attached hydrogen (secondary N) is 1. The van der Waals surface area contributed by atoms with E-state index < -0.39 is 15.9 Å². The zero-order valence-electron chi connectivity index (χ0n) is 18.2. The molecule has 0 aliphatic carbocycles. The number of benzene rings is 3. The number of halogens is 2. The fraction of sp³-hybridized carbons (Fsp3) is 0.208. The maximum absolute atomic E-state index is 13.6. The van der Waals surface area contributed by atoms with Crippen molar-refractivity contribution >= 4 is 43.5 Å². The number of carbonyl (C=O) groups is 1. The van der Waals surface area contributed by atoms with E-state index in [9.17, 15) is 13.2 Å². The first-order valence-corrected chi connectivity index (χ1v) is 12.7. The summed E-state index contributed by atoms with van der Waals surface area (Å²) in [5.41, 5.74) is 1.64. The number of hydrogen-bond donors (Lipinski definition) is 1. The molecule has 1 amide bonds. The fourth-order valence-electron chi connectivity index (χ4n) is 3.31. The summed E-state index contributed by atoms with van der Waals surface area (Å²) in [5, 5.41) is 3.13. The van der Waals surface area contributed by atoms with Crippen molar-refractivity contribution in [3.8, 4) is 5.75 Å². The standard InChI is InChI=1S/C24H24BrClN2O4S/c1-17(19-9-6-10-20(25)13-19)27-24(29)16-28(15-18-7-4-3-5-8-18)33(30,31)23-14-21(26)11-12-22(23)32-2/h3-14,17H,15-16H2,1-2H3,(H,27,29)/t17-/m1/s1. The molecule has 0 saturated heterocycles. The third-order valence-electron chi connectivity index (χ3n) is 4.99. The van der Waals surface area contributed by atoms with Crippen LogP contribution < -0.4 is 10.1 Å². The van der Waals surface area contributed by atoms with Gasteiger partial charge in [0.25, 0.3) is 0 Å². The maximum Gasteiger partial charge on any atom is 0.247 e. The molecular formula is C24H24BrClN2O4S. The summed E-state index contributed by atoms with van der Waals surface area (Å²) >= 11 is 9.50. The lowest BCUT2D eigenvalue weighted by Gasteiger charge is -2.24. The lowest BCUT2D eigenvalue weighted by molar-refractivity contribution is -0.122. The van der Waals surface area contributed by atoms with Crippen LogP contribution in [0.1, 0.15) is 24.1 Å². The molecule has 0 aromatic heterocycles. The quantitative estimate of drug-likeness (QED) is 0.398. The summed E-state index contributed by atoms with van der Waals surface area (Å²) in [5.74, 6) is -0.275. The van der Waals surface area contributed by atoms with Gasteiger partial charge in [-0.25, -0.2) is 8.42 Å². The van der Waals surface area contributed by atoms with Crippen molar-refractivity contribution in [2.45, 2.75) is 24.4 Å². The van der Waals surface area contributed by atoms with Crippen LogP contribution in [0.2, 0.25) is 5.02 Å². The highest BCUT2D eigenvalue weighted by Crippen LogP contribution is 2.30. The van der Waals surface area contributed by atoms with Crippen LogP contribution in [0.25, 0.3) is 0 Å². The lowest BCUT2D eigenvalue weighted by atomic mass is 10.1. The van der Waals surface area contributed by atoms with Crippen molar-refractivity contribution in [1.82, 2.24) is 9.62 Å². The zero-order chi connectivity index (χ0) is 24.0. The average Bonchev–Trinajstić information content (AvgIpc) is 2.79. The van der Waals surface area contributed by atoms with Crippen LogP contribution in [0.15, 0.2) is 82.2 Å². The van der Waals surface area contributed by atoms with Gasteiger partial charge in [0, 0.05) is 16.0 Å². The Morgan fingerprint density at radius 3 is 2.48 bits per heavy atom. The number of carbonyl (C=O) groups excluding carboxylic acids is 1. The van der Waals surface area contributed by atoms with Gasteiger partial charge < -0.3 is 10.1 Å². The van der Waals surface area contributed by atoms with Crippen LogP contribution in [0.4, 0.5) is 0 Å². The molecule has 0 bridgehead atoms. The Bertz CT molecular complexity index is 1220. The molecule has 0 aliphatic heterocycles. The number of ether oxygens (including phenoxy) is 1. The van der Waals surface area contributed by atoms with Crippen molar-refractivity contribution in [2.75, 3.05) is 13.7 Å². The molecule has 3 rings (SSSR count). The van der Waals surface area contributed by atoms with Crippen LogP contribution in [-0.4, -0.2) is 32.3 Å². The molecule has 0 saturated carbocycles. The summed E-state index contributed by atoms with van der Waals surface area (Å²) in [6.45, 7) is 1.48. The van der Waals surface area contributed by atoms with E-state index in [1.807, 2.05) is 49.4 Å². The number of sulfonamides is 1. The summed E-state index contributed by atoms with van der Waals surface area (Å²) in [4.78, 5) is 12.8. The molecule has 0 spiro atoms. The molecule has 174 valence electrons. The monoisotopic (exact) mass is 550 g/mol. The summed E-state index contributed by atoms with van der Waals surface area (Å²) in [6, 6.07) is 20.7. The molecular weight excluding hydrogens is 528 g/mol. The summed E-state index contributed by atoms with van der Waals surface area (Å²) < 4.78 is 34.5.